The lowest BCUT2D eigenvalue weighted by Crippen LogP contribution is -2.14. The third-order valence-corrected chi connectivity index (χ3v) is 3.87. The Kier molecular flexibility index (Phi) is 3.88. The lowest BCUT2D eigenvalue weighted by atomic mass is 9.99. The summed E-state index contributed by atoms with van der Waals surface area (Å²) >= 11 is 0. The average molecular weight is 330 g/mol. The number of carbonyl (C=O) groups excluding carboxylic acids is 1. The minimum atomic E-state index is -0.219. The summed E-state index contributed by atoms with van der Waals surface area (Å²) in [5, 5.41) is 12.5. The van der Waals surface area contributed by atoms with E-state index in [0.29, 0.717) is 17.9 Å². The van der Waals surface area contributed by atoms with Gasteiger partial charge in [-0.05, 0) is 22.4 Å². The molecule has 1 N–H and O–H groups in total. The second-order valence-electron chi connectivity index (χ2n) is 5.46. The fourth-order valence-corrected chi connectivity index (χ4v) is 2.74. The number of benzene rings is 2. The highest BCUT2D eigenvalue weighted by molar-refractivity contribution is 6.13. The van der Waals surface area contributed by atoms with Crippen LogP contribution >= 0.6 is 0 Å². The Morgan fingerprint density at radius 2 is 1.92 bits per heavy atom. The zero-order valence-electron chi connectivity index (χ0n) is 13.2. The van der Waals surface area contributed by atoms with Gasteiger partial charge in [0.05, 0.1) is 18.9 Å². The zero-order chi connectivity index (χ0) is 17.1. The van der Waals surface area contributed by atoms with Crippen molar-refractivity contribution < 1.29 is 4.79 Å². The van der Waals surface area contributed by atoms with Crippen molar-refractivity contribution in [1.82, 2.24) is 25.0 Å². The normalized spacial score (nSPS) is 10.7. The molecule has 2 aromatic heterocycles. The molecule has 0 aliphatic carbocycles. The maximum Gasteiger partial charge on any atom is 0.257 e. The van der Waals surface area contributed by atoms with Crippen LogP contribution in [-0.2, 0) is 6.54 Å². The SMILES string of the molecule is O=C(Nc1cnccn1)c1ccc(Cn2ccnn2)c2ccccc12. The molecule has 4 aromatic rings. The third-order valence-electron chi connectivity index (χ3n) is 3.87. The van der Waals surface area contributed by atoms with Gasteiger partial charge in [-0.3, -0.25) is 9.78 Å². The van der Waals surface area contributed by atoms with Gasteiger partial charge < -0.3 is 5.32 Å². The molecule has 0 spiro atoms. The van der Waals surface area contributed by atoms with E-state index in [9.17, 15) is 4.79 Å². The van der Waals surface area contributed by atoms with Gasteiger partial charge in [0, 0.05) is 24.2 Å². The van der Waals surface area contributed by atoms with Crippen molar-refractivity contribution in [2.24, 2.45) is 0 Å². The molecule has 4 rings (SSSR count). The van der Waals surface area contributed by atoms with Crippen LogP contribution in [0.1, 0.15) is 15.9 Å². The molecule has 25 heavy (non-hydrogen) atoms. The summed E-state index contributed by atoms with van der Waals surface area (Å²) in [5.41, 5.74) is 1.65. The van der Waals surface area contributed by atoms with Gasteiger partial charge in [-0.25, -0.2) is 9.67 Å². The fraction of sp³-hybridized carbons (Fsp3) is 0.0556. The number of carbonyl (C=O) groups is 1. The first-order valence-electron chi connectivity index (χ1n) is 7.73. The third kappa shape index (κ3) is 3.07. The molecule has 0 fully saturated rings. The van der Waals surface area contributed by atoms with Crippen LogP contribution in [0.2, 0.25) is 0 Å². The number of nitrogens with zero attached hydrogens (tertiary/aromatic N) is 5. The summed E-state index contributed by atoms with van der Waals surface area (Å²) in [7, 11) is 0. The van der Waals surface area contributed by atoms with Crippen molar-refractivity contribution in [1.29, 1.82) is 0 Å². The van der Waals surface area contributed by atoms with E-state index in [4.69, 9.17) is 0 Å². The molecule has 0 aliphatic rings. The fourth-order valence-electron chi connectivity index (χ4n) is 2.74. The highest BCUT2D eigenvalue weighted by atomic mass is 16.1. The summed E-state index contributed by atoms with van der Waals surface area (Å²) in [6.07, 6.45) is 8.06. The Morgan fingerprint density at radius 1 is 1.04 bits per heavy atom. The number of rotatable bonds is 4. The Labute approximate surface area is 143 Å². The minimum absolute atomic E-state index is 0.219. The number of hydrogen-bond acceptors (Lipinski definition) is 5. The van der Waals surface area contributed by atoms with Crippen molar-refractivity contribution in [2.45, 2.75) is 6.54 Å². The molecule has 0 unspecified atom stereocenters. The largest absolute Gasteiger partial charge is 0.305 e. The van der Waals surface area contributed by atoms with Gasteiger partial charge in [-0.1, -0.05) is 35.5 Å². The average Bonchev–Trinajstić information content (AvgIpc) is 3.16. The Morgan fingerprint density at radius 3 is 2.68 bits per heavy atom. The Bertz CT molecular complexity index is 1010. The van der Waals surface area contributed by atoms with Crippen LogP contribution in [0.4, 0.5) is 5.82 Å². The second-order valence-corrected chi connectivity index (χ2v) is 5.46. The lowest BCUT2D eigenvalue weighted by molar-refractivity contribution is 0.102. The highest BCUT2D eigenvalue weighted by Gasteiger charge is 2.13. The first-order chi connectivity index (χ1) is 12.3. The van der Waals surface area contributed by atoms with Gasteiger partial charge in [-0.2, -0.15) is 0 Å². The van der Waals surface area contributed by atoms with Crippen LogP contribution in [-0.4, -0.2) is 30.9 Å². The maximum atomic E-state index is 12.6. The molecule has 7 nitrogen and oxygen atoms in total. The number of amides is 1. The Hall–Kier alpha value is -3.61. The van der Waals surface area contributed by atoms with E-state index in [0.717, 1.165) is 16.3 Å². The number of aromatic nitrogens is 5. The molecule has 122 valence electrons. The van der Waals surface area contributed by atoms with Crippen molar-refractivity contribution in [3.05, 3.63) is 78.5 Å². The van der Waals surface area contributed by atoms with E-state index in [-0.39, 0.29) is 5.91 Å². The van der Waals surface area contributed by atoms with Gasteiger partial charge in [0.1, 0.15) is 0 Å². The smallest absolute Gasteiger partial charge is 0.257 e. The van der Waals surface area contributed by atoms with Crippen LogP contribution in [0, 0.1) is 0 Å². The van der Waals surface area contributed by atoms with Crippen LogP contribution < -0.4 is 5.32 Å². The maximum absolute atomic E-state index is 12.6. The molecule has 2 heterocycles. The summed E-state index contributed by atoms with van der Waals surface area (Å²) in [5.74, 6) is 0.201. The molecule has 0 saturated heterocycles. The molecule has 0 aliphatic heterocycles. The predicted molar refractivity (Wildman–Crippen MR) is 93.1 cm³/mol. The van der Waals surface area contributed by atoms with Crippen LogP contribution in [0.5, 0.6) is 0 Å². The first-order valence-corrected chi connectivity index (χ1v) is 7.73. The summed E-state index contributed by atoms with van der Waals surface area (Å²) < 4.78 is 1.75. The van der Waals surface area contributed by atoms with Gasteiger partial charge in [0.25, 0.3) is 5.91 Å². The van der Waals surface area contributed by atoms with E-state index in [2.05, 4.69) is 25.6 Å². The predicted octanol–water partition coefficient (Wildman–Crippen LogP) is 2.52. The number of fused-ring (bicyclic) bond motifs is 1. The number of anilines is 1. The summed E-state index contributed by atoms with van der Waals surface area (Å²) in [4.78, 5) is 20.7. The standard InChI is InChI=1S/C18H14N6O/c25-18(22-17-11-19-7-8-20-17)16-6-5-13(12-24-10-9-21-23-24)14-3-1-2-4-15(14)16/h1-11H,12H2,(H,20,22,25). The molecule has 0 radical (unpaired) electrons. The van der Waals surface area contributed by atoms with Crippen molar-refractivity contribution in [3.8, 4) is 0 Å². The van der Waals surface area contributed by atoms with Gasteiger partial charge in [0.2, 0.25) is 0 Å². The molecule has 2 aromatic carbocycles. The van der Waals surface area contributed by atoms with Gasteiger partial charge >= 0.3 is 0 Å². The van der Waals surface area contributed by atoms with Gasteiger partial charge in [-0.15, -0.1) is 5.10 Å². The topological polar surface area (TPSA) is 85.6 Å². The quantitative estimate of drug-likeness (QED) is 0.621. The molecule has 7 heteroatoms. The molecule has 0 atom stereocenters. The van der Waals surface area contributed by atoms with Crippen LogP contribution in [0.15, 0.2) is 67.4 Å². The molecular weight excluding hydrogens is 316 g/mol. The molecule has 0 bridgehead atoms. The molecular formula is C18H14N6O. The van der Waals surface area contributed by atoms with E-state index in [1.807, 2.05) is 42.6 Å². The van der Waals surface area contributed by atoms with Crippen LogP contribution in [0.3, 0.4) is 0 Å². The van der Waals surface area contributed by atoms with E-state index >= 15 is 0 Å². The van der Waals surface area contributed by atoms with E-state index < -0.39 is 0 Å². The van der Waals surface area contributed by atoms with Crippen molar-refractivity contribution in [3.63, 3.8) is 0 Å². The van der Waals surface area contributed by atoms with Crippen LogP contribution in [0.25, 0.3) is 10.8 Å². The number of hydrogen-bond donors (Lipinski definition) is 1. The van der Waals surface area contributed by atoms with Crippen molar-refractivity contribution >= 4 is 22.5 Å². The second kappa shape index (κ2) is 6.48. The monoisotopic (exact) mass is 330 g/mol. The zero-order valence-corrected chi connectivity index (χ0v) is 13.2. The first kappa shape index (κ1) is 14.9. The molecule has 0 saturated carbocycles. The number of nitrogens with one attached hydrogen (secondary N) is 1. The highest BCUT2D eigenvalue weighted by Crippen LogP contribution is 2.24. The minimum Gasteiger partial charge on any atom is -0.305 e. The van der Waals surface area contributed by atoms with Crippen molar-refractivity contribution in [2.75, 3.05) is 5.32 Å². The molecule has 1 amide bonds. The van der Waals surface area contributed by atoms with E-state index in [1.165, 1.54) is 12.4 Å². The van der Waals surface area contributed by atoms with E-state index in [1.54, 1.807) is 17.1 Å². The van der Waals surface area contributed by atoms with Gasteiger partial charge in [0.15, 0.2) is 5.82 Å². The summed E-state index contributed by atoms with van der Waals surface area (Å²) in [6.45, 7) is 0.590. The Balaban J connectivity index is 1.72. The lowest BCUT2D eigenvalue weighted by Gasteiger charge is -2.11. The summed E-state index contributed by atoms with van der Waals surface area (Å²) in [6, 6.07) is 11.6.